The van der Waals surface area contributed by atoms with Gasteiger partial charge in [-0.2, -0.15) is 0 Å². The summed E-state index contributed by atoms with van der Waals surface area (Å²) in [5.74, 6) is 0.0545. The Morgan fingerprint density at radius 1 is 1.35 bits per heavy atom. The second-order valence-corrected chi connectivity index (χ2v) is 5.04. The predicted octanol–water partition coefficient (Wildman–Crippen LogP) is 1.40. The average molecular weight is 242 g/mol. The fourth-order valence-corrected chi connectivity index (χ4v) is 2.40. The van der Waals surface area contributed by atoms with Crippen molar-refractivity contribution in [1.82, 2.24) is 10.2 Å². The van der Waals surface area contributed by atoms with Gasteiger partial charge in [0.05, 0.1) is 6.10 Å². The first-order valence-corrected chi connectivity index (χ1v) is 6.64. The number of nitrogens with one attached hydrogen (secondary N) is 1. The second-order valence-electron chi connectivity index (χ2n) is 5.04. The van der Waals surface area contributed by atoms with E-state index in [4.69, 9.17) is 4.74 Å². The Bertz CT molecular complexity index is 236. The first-order valence-electron chi connectivity index (χ1n) is 6.64. The maximum atomic E-state index is 11.7. The molecule has 100 valence electrons. The van der Waals surface area contributed by atoms with E-state index < -0.39 is 0 Å². The number of hydrogen-bond donors (Lipinski definition) is 1. The molecule has 0 aromatic carbocycles. The Morgan fingerprint density at radius 3 is 2.41 bits per heavy atom. The third kappa shape index (κ3) is 4.64. The molecule has 4 heteroatoms. The Balaban J connectivity index is 2.28. The lowest BCUT2D eigenvalue weighted by Crippen LogP contribution is -2.39. The molecule has 1 rings (SSSR count). The molecule has 0 radical (unpaired) electrons. The number of ether oxygens (including phenoxy) is 1. The minimum atomic E-state index is -0.314. The molecule has 0 heterocycles. The molecule has 0 bridgehead atoms. The van der Waals surface area contributed by atoms with Crippen LogP contribution in [0.3, 0.4) is 0 Å². The second kappa shape index (κ2) is 6.97. The fourth-order valence-electron chi connectivity index (χ4n) is 2.40. The van der Waals surface area contributed by atoms with Gasteiger partial charge in [0.1, 0.15) is 6.10 Å². The van der Waals surface area contributed by atoms with Gasteiger partial charge >= 0.3 is 0 Å². The van der Waals surface area contributed by atoms with E-state index in [-0.39, 0.29) is 18.1 Å². The summed E-state index contributed by atoms with van der Waals surface area (Å²) in [4.78, 5) is 13.3. The Kier molecular flexibility index (Phi) is 5.92. The quantitative estimate of drug-likeness (QED) is 0.792. The van der Waals surface area contributed by atoms with Crippen LogP contribution in [0.4, 0.5) is 0 Å². The predicted molar refractivity (Wildman–Crippen MR) is 69.0 cm³/mol. The van der Waals surface area contributed by atoms with Crippen molar-refractivity contribution in [3.05, 3.63) is 0 Å². The molecule has 1 amide bonds. The van der Waals surface area contributed by atoms with Crippen molar-refractivity contribution >= 4 is 5.91 Å². The maximum absolute atomic E-state index is 11.7. The van der Waals surface area contributed by atoms with Crippen LogP contribution in [-0.4, -0.2) is 49.7 Å². The van der Waals surface area contributed by atoms with Crippen LogP contribution in [0.2, 0.25) is 0 Å². The fraction of sp³-hybridized carbons (Fsp3) is 0.923. The number of carbonyl (C=O) groups is 1. The molecule has 1 aliphatic carbocycles. The summed E-state index contributed by atoms with van der Waals surface area (Å²) >= 11 is 0. The van der Waals surface area contributed by atoms with Gasteiger partial charge in [0.15, 0.2) is 0 Å². The highest BCUT2D eigenvalue weighted by molar-refractivity contribution is 5.79. The van der Waals surface area contributed by atoms with E-state index >= 15 is 0 Å². The van der Waals surface area contributed by atoms with E-state index in [1.54, 1.807) is 19.0 Å². The Hall–Kier alpha value is -0.610. The lowest BCUT2D eigenvalue weighted by atomic mass is 9.93. The van der Waals surface area contributed by atoms with Gasteiger partial charge in [-0.1, -0.05) is 6.92 Å². The average Bonchev–Trinajstić information content (AvgIpc) is 2.30. The molecule has 0 aromatic heterocycles. The highest BCUT2D eigenvalue weighted by atomic mass is 16.5. The van der Waals surface area contributed by atoms with Gasteiger partial charge in [-0.25, -0.2) is 0 Å². The van der Waals surface area contributed by atoms with Gasteiger partial charge in [0.25, 0.3) is 5.91 Å². The van der Waals surface area contributed by atoms with Gasteiger partial charge < -0.3 is 15.0 Å². The van der Waals surface area contributed by atoms with Crippen LogP contribution < -0.4 is 5.32 Å². The number of nitrogens with zero attached hydrogens (tertiary/aromatic N) is 1. The minimum absolute atomic E-state index is 0.0545. The molecule has 17 heavy (non-hydrogen) atoms. The summed E-state index contributed by atoms with van der Waals surface area (Å²) in [6, 6.07) is 0.639. The van der Waals surface area contributed by atoms with Crippen LogP contribution >= 0.6 is 0 Å². The number of likely N-dealkylation sites (N-methyl/N-ethyl adjacent to an activating group) is 1. The molecule has 0 spiro atoms. The summed E-state index contributed by atoms with van der Waals surface area (Å²) < 4.78 is 5.82. The number of hydrogen-bond acceptors (Lipinski definition) is 3. The molecule has 1 fully saturated rings. The van der Waals surface area contributed by atoms with Crippen molar-refractivity contribution in [2.45, 2.75) is 57.8 Å². The zero-order valence-corrected chi connectivity index (χ0v) is 11.5. The molecular formula is C13H26N2O2. The molecule has 4 nitrogen and oxygen atoms in total. The molecule has 0 aromatic rings. The van der Waals surface area contributed by atoms with Crippen LogP contribution in [0.1, 0.15) is 39.5 Å². The third-order valence-corrected chi connectivity index (χ3v) is 3.35. The van der Waals surface area contributed by atoms with Crippen molar-refractivity contribution in [1.29, 1.82) is 0 Å². The number of rotatable bonds is 5. The van der Waals surface area contributed by atoms with Crippen molar-refractivity contribution in [2.24, 2.45) is 0 Å². The van der Waals surface area contributed by atoms with Crippen molar-refractivity contribution in [3.8, 4) is 0 Å². The lowest BCUT2D eigenvalue weighted by Gasteiger charge is -2.31. The Labute approximate surface area is 105 Å². The smallest absolute Gasteiger partial charge is 0.250 e. The molecular weight excluding hydrogens is 216 g/mol. The van der Waals surface area contributed by atoms with E-state index in [1.807, 2.05) is 6.92 Å². The van der Waals surface area contributed by atoms with E-state index in [2.05, 4.69) is 12.2 Å². The van der Waals surface area contributed by atoms with Gasteiger partial charge in [-0.05, 0) is 39.2 Å². The third-order valence-electron chi connectivity index (χ3n) is 3.35. The molecule has 1 unspecified atom stereocenters. The molecule has 1 saturated carbocycles. The summed E-state index contributed by atoms with van der Waals surface area (Å²) in [7, 11) is 3.54. The summed E-state index contributed by atoms with van der Waals surface area (Å²) in [6.45, 7) is 5.02. The summed E-state index contributed by atoms with van der Waals surface area (Å²) in [6.07, 6.45) is 4.36. The van der Waals surface area contributed by atoms with Crippen molar-refractivity contribution in [2.75, 3.05) is 20.6 Å². The van der Waals surface area contributed by atoms with Crippen LogP contribution in [0.25, 0.3) is 0 Å². The minimum Gasteiger partial charge on any atom is -0.365 e. The van der Waals surface area contributed by atoms with Crippen molar-refractivity contribution in [3.63, 3.8) is 0 Å². The van der Waals surface area contributed by atoms with E-state index in [1.165, 1.54) is 0 Å². The molecule has 0 aliphatic heterocycles. The first kappa shape index (κ1) is 14.5. The SMILES string of the molecule is CCNC1CCC(OC(C)C(=O)N(C)C)CC1. The zero-order valence-electron chi connectivity index (χ0n) is 11.5. The lowest BCUT2D eigenvalue weighted by molar-refractivity contribution is -0.144. The zero-order chi connectivity index (χ0) is 12.8. The number of amides is 1. The molecule has 1 N–H and O–H groups in total. The largest absolute Gasteiger partial charge is 0.365 e. The van der Waals surface area contributed by atoms with Gasteiger partial charge in [-0.3, -0.25) is 4.79 Å². The summed E-state index contributed by atoms with van der Waals surface area (Å²) in [5, 5.41) is 3.47. The van der Waals surface area contributed by atoms with Gasteiger partial charge in [-0.15, -0.1) is 0 Å². The van der Waals surface area contributed by atoms with E-state index in [0.717, 1.165) is 32.2 Å². The summed E-state index contributed by atoms with van der Waals surface area (Å²) in [5.41, 5.74) is 0. The van der Waals surface area contributed by atoms with Gasteiger partial charge in [0.2, 0.25) is 0 Å². The molecule has 1 aliphatic rings. The van der Waals surface area contributed by atoms with Crippen LogP contribution in [0.5, 0.6) is 0 Å². The van der Waals surface area contributed by atoms with Crippen LogP contribution in [-0.2, 0) is 9.53 Å². The highest BCUT2D eigenvalue weighted by Crippen LogP contribution is 2.22. The van der Waals surface area contributed by atoms with Gasteiger partial charge in [0, 0.05) is 20.1 Å². The van der Waals surface area contributed by atoms with Crippen LogP contribution in [0, 0.1) is 0 Å². The van der Waals surface area contributed by atoms with Crippen molar-refractivity contribution < 1.29 is 9.53 Å². The van der Waals surface area contributed by atoms with E-state index in [0.29, 0.717) is 6.04 Å². The topological polar surface area (TPSA) is 41.6 Å². The maximum Gasteiger partial charge on any atom is 0.250 e. The standard InChI is InChI=1S/C13H26N2O2/c1-5-14-11-6-8-12(9-7-11)17-10(2)13(16)15(3)4/h10-12,14H,5-9H2,1-4H3. The number of carbonyl (C=O) groups excluding carboxylic acids is 1. The Morgan fingerprint density at radius 2 is 1.94 bits per heavy atom. The van der Waals surface area contributed by atoms with E-state index in [9.17, 15) is 4.79 Å². The molecule has 1 atom stereocenters. The molecule has 0 saturated heterocycles. The first-order chi connectivity index (χ1) is 8.04. The van der Waals surface area contributed by atoms with Crippen LogP contribution in [0.15, 0.2) is 0 Å². The normalized spacial score (nSPS) is 26.6. The monoisotopic (exact) mass is 242 g/mol. The highest BCUT2D eigenvalue weighted by Gasteiger charge is 2.25.